The van der Waals surface area contributed by atoms with E-state index in [4.69, 9.17) is 18.9 Å². The van der Waals surface area contributed by atoms with Crippen LogP contribution >= 0.6 is 24.0 Å². The Morgan fingerprint density at radius 3 is 2.41 bits per heavy atom. The van der Waals surface area contributed by atoms with Crippen molar-refractivity contribution in [1.29, 1.82) is 0 Å². The number of methoxy groups -OCH3 is 3. The number of rotatable bonds is 9. The molecular formula is C19H32IN3O4. The summed E-state index contributed by atoms with van der Waals surface area (Å²) in [4.78, 5) is 6.69. The molecule has 1 aromatic rings. The molecule has 0 fully saturated rings. The van der Waals surface area contributed by atoms with E-state index >= 15 is 0 Å². The van der Waals surface area contributed by atoms with Gasteiger partial charge in [-0.25, -0.2) is 0 Å². The van der Waals surface area contributed by atoms with Gasteiger partial charge in [0, 0.05) is 40.4 Å². The molecule has 0 unspecified atom stereocenters. The van der Waals surface area contributed by atoms with Crippen LogP contribution in [0.2, 0.25) is 0 Å². The first-order valence-corrected chi connectivity index (χ1v) is 8.99. The zero-order chi connectivity index (χ0) is 18.8. The SMILES string of the molecule is CN=C(NCCCOCCOC)N1CCc2cc(OC)c(OC)cc2C1.I. The fraction of sp³-hybridized carbons (Fsp3) is 0.632. The second-order valence-corrected chi connectivity index (χ2v) is 6.08. The highest BCUT2D eigenvalue weighted by Gasteiger charge is 2.21. The van der Waals surface area contributed by atoms with Gasteiger partial charge in [0.1, 0.15) is 0 Å². The molecule has 1 N–H and O–H groups in total. The zero-order valence-corrected chi connectivity index (χ0v) is 19.1. The number of nitrogens with one attached hydrogen (secondary N) is 1. The second kappa shape index (κ2) is 13.0. The zero-order valence-electron chi connectivity index (χ0n) is 16.7. The second-order valence-electron chi connectivity index (χ2n) is 6.08. The topological polar surface area (TPSA) is 64.6 Å². The number of guanidine groups is 1. The highest BCUT2D eigenvalue weighted by molar-refractivity contribution is 14.0. The first-order chi connectivity index (χ1) is 12.7. The third-order valence-electron chi connectivity index (χ3n) is 4.41. The standard InChI is InChI=1S/C19H31N3O4.HI/c1-20-19(21-7-5-9-26-11-10-23-2)22-8-6-15-12-17(24-3)18(25-4)13-16(15)14-22;/h12-13H,5-11,14H2,1-4H3,(H,20,21);1H. The third kappa shape index (κ3) is 7.00. The summed E-state index contributed by atoms with van der Waals surface area (Å²) in [6, 6.07) is 4.15. The van der Waals surface area contributed by atoms with Crippen LogP contribution in [-0.2, 0) is 22.4 Å². The third-order valence-corrected chi connectivity index (χ3v) is 4.41. The molecule has 0 spiro atoms. The van der Waals surface area contributed by atoms with Crippen molar-refractivity contribution >= 4 is 29.9 Å². The summed E-state index contributed by atoms with van der Waals surface area (Å²) in [5.74, 6) is 2.47. The van der Waals surface area contributed by atoms with Gasteiger partial charge in [-0.2, -0.15) is 0 Å². The van der Waals surface area contributed by atoms with E-state index in [1.807, 2.05) is 7.05 Å². The van der Waals surface area contributed by atoms with Crippen molar-refractivity contribution in [2.24, 2.45) is 4.99 Å². The molecule has 7 nitrogen and oxygen atoms in total. The molecule has 1 heterocycles. The summed E-state index contributed by atoms with van der Waals surface area (Å²) < 4.78 is 21.3. The Morgan fingerprint density at radius 1 is 1.07 bits per heavy atom. The molecule has 1 aliphatic heterocycles. The van der Waals surface area contributed by atoms with Crippen molar-refractivity contribution in [3.63, 3.8) is 0 Å². The van der Waals surface area contributed by atoms with Crippen molar-refractivity contribution in [3.05, 3.63) is 23.3 Å². The Morgan fingerprint density at radius 2 is 1.78 bits per heavy atom. The number of hydrogen-bond donors (Lipinski definition) is 1. The van der Waals surface area contributed by atoms with Crippen molar-refractivity contribution in [2.75, 3.05) is 61.3 Å². The van der Waals surface area contributed by atoms with Crippen LogP contribution in [0.1, 0.15) is 17.5 Å². The number of aliphatic imine (C=N–C) groups is 1. The molecule has 0 aromatic heterocycles. The van der Waals surface area contributed by atoms with Gasteiger partial charge in [0.25, 0.3) is 0 Å². The minimum Gasteiger partial charge on any atom is -0.493 e. The maximum Gasteiger partial charge on any atom is 0.193 e. The maximum atomic E-state index is 5.48. The van der Waals surface area contributed by atoms with Crippen LogP contribution in [-0.4, -0.2) is 72.1 Å². The van der Waals surface area contributed by atoms with E-state index in [9.17, 15) is 0 Å². The van der Waals surface area contributed by atoms with E-state index in [2.05, 4.69) is 27.3 Å². The number of halogens is 1. The van der Waals surface area contributed by atoms with E-state index in [1.54, 1.807) is 21.3 Å². The maximum absolute atomic E-state index is 5.48. The van der Waals surface area contributed by atoms with E-state index in [0.717, 1.165) is 49.9 Å². The Balaban J connectivity index is 0.00000364. The molecule has 8 heteroatoms. The average molecular weight is 493 g/mol. The van der Waals surface area contributed by atoms with E-state index in [-0.39, 0.29) is 24.0 Å². The number of fused-ring (bicyclic) bond motifs is 1. The number of hydrogen-bond acceptors (Lipinski definition) is 5. The smallest absolute Gasteiger partial charge is 0.193 e. The van der Waals surface area contributed by atoms with Crippen molar-refractivity contribution in [2.45, 2.75) is 19.4 Å². The molecule has 0 bridgehead atoms. The highest BCUT2D eigenvalue weighted by Crippen LogP contribution is 2.33. The van der Waals surface area contributed by atoms with Crippen molar-refractivity contribution < 1.29 is 18.9 Å². The summed E-state index contributed by atoms with van der Waals surface area (Å²) in [7, 11) is 6.84. The fourth-order valence-electron chi connectivity index (χ4n) is 3.01. The highest BCUT2D eigenvalue weighted by atomic mass is 127. The van der Waals surface area contributed by atoms with Gasteiger partial charge in [0.2, 0.25) is 0 Å². The summed E-state index contributed by atoms with van der Waals surface area (Å²) in [6.07, 6.45) is 1.88. The predicted molar refractivity (Wildman–Crippen MR) is 118 cm³/mol. The molecule has 0 aliphatic carbocycles. The van der Waals surface area contributed by atoms with Crippen molar-refractivity contribution in [1.82, 2.24) is 10.2 Å². The molecular weight excluding hydrogens is 461 g/mol. The minimum absolute atomic E-state index is 0. The van der Waals surface area contributed by atoms with Gasteiger partial charge >= 0.3 is 0 Å². The number of nitrogens with zero attached hydrogens (tertiary/aromatic N) is 2. The number of benzene rings is 1. The molecule has 0 radical (unpaired) electrons. The molecule has 2 rings (SSSR count). The molecule has 0 saturated heterocycles. The van der Waals surface area contributed by atoms with Gasteiger partial charge in [0.15, 0.2) is 17.5 Å². The summed E-state index contributed by atoms with van der Waals surface area (Å²) in [5, 5.41) is 3.42. The predicted octanol–water partition coefficient (Wildman–Crippen LogP) is 2.31. The van der Waals surface area contributed by atoms with E-state index in [0.29, 0.717) is 19.8 Å². The quantitative estimate of drug-likeness (QED) is 0.247. The van der Waals surface area contributed by atoms with Crippen LogP contribution in [0.3, 0.4) is 0 Å². The minimum atomic E-state index is 0. The molecule has 27 heavy (non-hydrogen) atoms. The fourth-order valence-corrected chi connectivity index (χ4v) is 3.01. The van der Waals surface area contributed by atoms with Gasteiger partial charge < -0.3 is 29.2 Å². The largest absolute Gasteiger partial charge is 0.493 e. The normalized spacial score (nSPS) is 13.6. The van der Waals surface area contributed by atoms with Crippen molar-refractivity contribution in [3.8, 4) is 11.5 Å². The average Bonchev–Trinajstić information content (AvgIpc) is 2.68. The van der Waals surface area contributed by atoms with Gasteiger partial charge in [0.05, 0.1) is 27.4 Å². The summed E-state index contributed by atoms with van der Waals surface area (Å²) in [6.45, 7) is 4.55. The Bertz CT molecular complexity index is 599. The van der Waals surface area contributed by atoms with Gasteiger partial charge in [-0.3, -0.25) is 4.99 Å². The molecule has 0 saturated carbocycles. The lowest BCUT2D eigenvalue weighted by Crippen LogP contribution is -2.44. The lowest BCUT2D eigenvalue weighted by atomic mass is 9.99. The molecule has 0 amide bonds. The Labute approximate surface area is 179 Å². The monoisotopic (exact) mass is 493 g/mol. The molecule has 1 aliphatic rings. The molecule has 154 valence electrons. The van der Waals surface area contributed by atoms with Crippen LogP contribution in [0.5, 0.6) is 11.5 Å². The van der Waals surface area contributed by atoms with Crippen LogP contribution in [0.25, 0.3) is 0 Å². The lowest BCUT2D eigenvalue weighted by Gasteiger charge is -2.32. The lowest BCUT2D eigenvalue weighted by molar-refractivity contribution is 0.0698. The van der Waals surface area contributed by atoms with Crippen LogP contribution in [0.15, 0.2) is 17.1 Å². The molecule has 1 aromatic carbocycles. The molecule has 0 atom stereocenters. The first-order valence-electron chi connectivity index (χ1n) is 8.99. The Kier molecular flexibility index (Phi) is 11.5. The van der Waals surface area contributed by atoms with E-state index < -0.39 is 0 Å². The van der Waals surface area contributed by atoms with Crippen LogP contribution in [0, 0.1) is 0 Å². The van der Waals surface area contributed by atoms with E-state index in [1.165, 1.54) is 11.1 Å². The van der Waals surface area contributed by atoms with Gasteiger partial charge in [-0.15, -0.1) is 24.0 Å². The van der Waals surface area contributed by atoms with Gasteiger partial charge in [-0.05, 0) is 36.1 Å². The first kappa shape index (κ1) is 23.8. The summed E-state index contributed by atoms with van der Waals surface area (Å²) >= 11 is 0. The van der Waals surface area contributed by atoms with Crippen LogP contribution in [0.4, 0.5) is 0 Å². The van der Waals surface area contributed by atoms with Crippen LogP contribution < -0.4 is 14.8 Å². The van der Waals surface area contributed by atoms with Gasteiger partial charge in [-0.1, -0.05) is 0 Å². The number of ether oxygens (including phenoxy) is 4. The Hall–Kier alpha value is -1.26. The summed E-state index contributed by atoms with van der Waals surface area (Å²) in [5.41, 5.74) is 2.56.